The number of hydrogen-bond acceptors (Lipinski definition) is 7. The smallest absolute Gasteiger partial charge is 0.350 e. The first kappa shape index (κ1) is 17.1. The number of imidazole rings is 1. The molecule has 1 aliphatic rings. The second-order valence-corrected chi connectivity index (χ2v) is 7.53. The highest BCUT2D eigenvalue weighted by atomic mass is 31.2. The molecule has 0 saturated carbocycles. The van der Waals surface area contributed by atoms with Gasteiger partial charge >= 0.3 is 7.60 Å². The average Bonchev–Trinajstić information content (AvgIpc) is 3.14. The molecule has 1 fully saturated rings. The van der Waals surface area contributed by atoms with Crippen LogP contribution in [0.3, 0.4) is 0 Å². The summed E-state index contributed by atoms with van der Waals surface area (Å²) >= 11 is 0. The van der Waals surface area contributed by atoms with E-state index in [9.17, 15) is 4.57 Å². The first-order chi connectivity index (χ1) is 11.3. The van der Waals surface area contributed by atoms with Crippen LogP contribution >= 0.6 is 7.60 Å². The Hall–Kier alpha value is -1.74. The molecule has 0 aromatic carbocycles. The molecule has 2 aromatic rings. The summed E-state index contributed by atoms with van der Waals surface area (Å²) in [6.45, 7) is 3.92. The van der Waals surface area contributed by atoms with E-state index >= 15 is 0 Å². The van der Waals surface area contributed by atoms with Crippen LogP contribution in [0.1, 0.15) is 19.8 Å². The van der Waals surface area contributed by atoms with Crippen LogP contribution in [-0.2, 0) is 15.8 Å². The van der Waals surface area contributed by atoms with Crippen molar-refractivity contribution in [2.45, 2.75) is 32.4 Å². The van der Waals surface area contributed by atoms with Gasteiger partial charge in [-0.15, -0.1) is 0 Å². The fourth-order valence-corrected chi connectivity index (χ4v) is 3.23. The third-order valence-corrected chi connectivity index (χ3v) is 4.33. The molecule has 10 nitrogen and oxygen atoms in total. The monoisotopic (exact) mass is 356 g/mol. The van der Waals surface area contributed by atoms with Crippen molar-refractivity contribution < 1.29 is 19.1 Å². The molecule has 0 bridgehead atoms. The third kappa shape index (κ3) is 3.84. The van der Waals surface area contributed by atoms with Crippen LogP contribution in [0.25, 0.3) is 11.2 Å². The first-order valence-electron chi connectivity index (χ1n) is 7.73. The van der Waals surface area contributed by atoms with Gasteiger partial charge in [0.05, 0.1) is 19.0 Å². The summed E-state index contributed by atoms with van der Waals surface area (Å²) in [6.07, 6.45) is 2.81. The van der Waals surface area contributed by atoms with Gasteiger partial charge in [-0.25, -0.2) is 4.98 Å². The number of nitrogens with zero attached hydrogens (tertiary/aromatic N) is 5. The molecule has 1 saturated heterocycles. The molecule has 24 heavy (non-hydrogen) atoms. The van der Waals surface area contributed by atoms with Crippen molar-refractivity contribution in [2.24, 2.45) is 0 Å². The average molecular weight is 356 g/mol. The van der Waals surface area contributed by atoms with Gasteiger partial charge in [0.25, 0.3) is 0 Å². The second-order valence-electron chi connectivity index (χ2n) is 5.94. The summed E-state index contributed by atoms with van der Waals surface area (Å²) in [4.78, 5) is 32.9. The third-order valence-electron chi connectivity index (χ3n) is 3.85. The summed E-state index contributed by atoms with van der Waals surface area (Å²) in [5.74, 6) is 0.910. The Balaban J connectivity index is 1.83. The lowest BCUT2D eigenvalue weighted by Gasteiger charge is -2.17. The number of anilines is 2. The molecular formula is C13H21N6O4P. The maximum atomic E-state index is 10.9. The van der Waals surface area contributed by atoms with Gasteiger partial charge in [-0.3, -0.25) is 4.57 Å². The fraction of sp³-hybridized carbons (Fsp3) is 0.615. The second kappa shape index (κ2) is 6.64. The Morgan fingerprint density at radius 3 is 2.75 bits per heavy atom. The van der Waals surface area contributed by atoms with E-state index in [1.807, 2.05) is 0 Å². The lowest BCUT2D eigenvalue weighted by Crippen LogP contribution is -2.21. The Kier molecular flexibility index (Phi) is 4.73. The molecule has 4 N–H and O–H groups in total. The van der Waals surface area contributed by atoms with Gasteiger partial charge in [-0.2, -0.15) is 9.97 Å². The van der Waals surface area contributed by atoms with Crippen LogP contribution in [-0.4, -0.2) is 54.8 Å². The van der Waals surface area contributed by atoms with Crippen LogP contribution in [0.4, 0.5) is 11.8 Å². The Labute approximate surface area is 138 Å². The van der Waals surface area contributed by atoms with E-state index in [4.69, 9.17) is 20.3 Å². The maximum Gasteiger partial charge on any atom is 0.350 e. The Morgan fingerprint density at radius 2 is 2.08 bits per heavy atom. The maximum absolute atomic E-state index is 10.9. The van der Waals surface area contributed by atoms with Crippen molar-refractivity contribution in [2.75, 3.05) is 30.1 Å². The quantitative estimate of drug-likeness (QED) is 0.633. The number of nitrogens with two attached hydrogens (primary N) is 1. The minimum atomic E-state index is -4.19. The van der Waals surface area contributed by atoms with E-state index in [0.29, 0.717) is 17.7 Å². The number of rotatable bonds is 6. The lowest BCUT2D eigenvalue weighted by atomic mass is 10.4. The van der Waals surface area contributed by atoms with Gasteiger partial charge in [0.2, 0.25) is 5.95 Å². The molecule has 0 amide bonds. The van der Waals surface area contributed by atoms with Crippen molar-refractivity contribution in [3.05, 3.63) is 6.33 Å². The molecule has 0 spiro atoms. The molecular weight excluding hydrogens is 335 g/mol. The molecule has 2 aromatic heterocycles. The standard InChI is InChI=1S/C13H21N6O4P/c1-9(23-8-24(20,21)22)6-19-7-15-10-11(18-4-2-3-5-18)16-13(14)17-12(10)19/h7,9H,2-6,8H2,1H3,(H2,14,16,17)(H2,20,21,22). The molecule has 0 radical (unpaired) electrons. The van der Waals surface area contributed by atoms with Crippen molar-refractivity contribution in [3.63, 3.8) is 0 Å². The predicted octanol–water partition coefficient (Wildman–Crippen LogP) is 0.549. The molecule has 132 valence electrons. The van der Waals surface area contributed by atoms with E-state index in [0.717, 1.165) is 31.7 Å². The predicted molar refractivity (Wildman–Crippen MR) is 88.6 cm³/mol. The molecule has 1 atom stereocenters. The highest BCUT2D eigenvalue weighted by Gasteiger charge is 2.21. The minimum absolute atomic E-state index is 0.176. The number of hydrogen-bond donors (Lipinski definition) is 3. The molecule has 1 unspecified atom stereocenters. The van der Waals surface area contributed by atoms with Gasteiger partial charge in [-0.1, -0.05) is 0 Å². The van der Waals surface area contributed by atoms with Gasteiger partial charge in [-0.05, 0) is 19.8 Å². The largest absolute Gasteiger partial charge is 0.368 e. The number of aromatic nitrogens is 4. The van der Waals surface area contributed by atoms with E-state index in [1.54, 1.807) is 17.8 Å². The van der Waals surface area contributed by atoms with Gasteiger partial charge in [0.15, 0.2) is 17.0 Å². The van der Waals surface area contributed by atoms with E-state index in [2.05, 4.69) is 19.9 Å². The van der Waals surface area contributed by atoms with Gasteiger partial charge < -0.3 is 29.7 Å². The minimum Gasteiger partial charge on any atom is -0.368 e. The molecule has 1 aliphatic heterocycles. The normalized spacial score (nSPS) is 16.9. The van der Waals surface area contributed by atoms with Crippen LogP contribution < -0.4 is 10.6 Å². The number of ether oxygens (including phenoxy) is 1. The zero-order chi connectivity index (χ0) is 17.3. The molecule has 0 aliphatic carbocycles. The van der Waals surface area contributed by atoms with E-state index < -0.39 is 20.0 Å². The Morgan fingerprint density at radius 1 is 1.38 bits per heavy atom. The van der Waals surface area contributed by atoms with Crippen molar-refractivity contribution >= 4 is 30.5 Å². The van der Waals surface area contributed by atoms with Gasteiger partial charge in [0, 0.05) is 13.1 Å². The van der Waals surface area contributed by atoms with Crippen LogP contribution in [0.15, 0.2) is 6.33 Å². The zero-order valence-corrected chi connectivity index (χ0v) is 14.3. The fourth-order valence-electron chi connectivity index (χ4n) is 2.78. The summed E-state index contributed by atoms with van der Waals surface area (Å²) in [6, 6.07) is 0. The van der Waals surface area contributed by atoms with Crippen LogP contribution in [0.5, 0.6) is 0 Å². The van der Waals surface area contributed by atoms with E-state index in [1.165, 1.54) is 0 Å². The first-order valence-corrected chi connectivity index (χ1v) is 9.53. The summed E-state index contributed by atoms with van der Waals surface area (Å²) in [5, 5.41) is 0. The Bertz CT molecular complexity index is 769. The lowest BCUT2D eigenvalue weighted by molar-refractivity contribution is 0.0764. The summed E-state index contributed by atoms with van der Waals surface area (Å²) < 4.78 is 17.8. The SMILES string of the molecule is CC(Cn1cnc2c(N3CCCC3)nc(N)nc21)OCP(=O)(O)O. The van der Waals surface area contributed by atoms with Crippen molar-refractivity contribution in [1.82, 2.24) is 19.5 Å². The van der Waals surface area contributed by atoms with Crippen molar-refractivity contribution in [3.8, 4) is 0 Å². The van der Waals surface area contributed by atoms with E-state index in [-0.39, 0.29) is 5.95 Å². The molecule has 11 heteroatoms. The highest BCUT2D eigenvalue weighted by molar-refractivity contribution is 7.51. The number of nitrogen functional groups attached to an aromatic ring is 1. The highest BCUT2D eigenvalue weighted by Crippen LogP contribution is 2.34. The van der Waals surface area contributed by atoms with Gasteiger partial charge in [0.1, 0.15) is 6.35 Å². The summed E-state index contributed by atoms with van der Waals surface area (Å²) in [5.41, 5.74) is 7.11. The van der Waals surface area contributed by atoms with Crippen molar-refractivity contribution in [1.29, 1.82) is 0 Å². The summed E-state index contributed by atoms with van der Waals surface area (Å²) in [7, 11) is -4.19. The molecule has 3 heterocycles. The van der Waals surface area contributed by atoms with Crippen LogP contribution in [0, 0.1) is 0 Å². The zero-order valence-electron chi connectivity index (χ0n) is 13.4. The molecule has 3 rings (SSSR count). The number of fused-ring (bicyclic) bond motifs is 1. The topological polar surface area (TPSA) is 140 Å². The van der Waals surface area contributed by atoms with Crippen LogP contribution in [0.2, 0.25) is 0 Å².